The van der Waals surface area contributed by atoms with Gasteiger partial charge in [-0.25, -0.2) is 10.4 Å². The molecule has 0 fully saturated rings. The van der Waals surface area contributed by atoms with Crippen LogP contribution in [0.25, 0.3) is 0 Å². The third kappa shape index (κ3) is 2.90. The summed E-state index contributed by atoms with van der Waals surface area (Å²) in [5.74, 6) is -0.313. The molecule has 0 saturated carbocycles. The quantitative estimate of drug-likeness (QED) is 0.450. The fourth-order valence-corrected chi connectivity index (χ4v) is 1.21. The van der Waals surface area contributed by atoms with E-state index in [0.29, 0.717) is 5.01 Å². The minimum atomic E-state index is -0.534. The number of rotatable bonds is 3. The van der Waals surface area contributed by atoms with Crippen molar-refractivity contribution in [2.45, 2.75) is 6.92 Å². The number of aromatic nitrogens is 1. The minimum absolute atomic E-state index is 0.0609. The van der Waals surface area contributed by atoms with Crippen LogP contribution in [0.1, 0.15) is 11.9 Å². The van der Waals surface area contributed by atoms with Crippen molar-refractivity contribution >= 4 is 28.5 Å². The molecule has 0 aliphatic heterocycles. The molecule has 8 heteroatoms. The summed E-state index contributed by atoms with van der Waals surface area (Å²) in [6, 6.07) is 0. The lowest BCUT2D eigenvalue weighted by atomic mass is 10.7. The predicted octanol–water partition coefficient (Wildman–Crippen LogP) is 0.521. The van der Waals surface area contributed by atoms with E-state index in [9.17, 15) is 14.9 Å². The summed E-state index contributed by atoms with van der Waals surface area (Å²) in [5, 5.41) is 14.1. The molecule has 0 unspecified atom stereocenters. The standard InChI is InChI=1S/C6H6N4O3S/c1-4(11)9-8-2-5-7-3-6(14-5)10(12)13/h2-3H,1H3,(H,9,11)/b8-2+. The van der Waals surface area contributed by atoms with Crippen LogP contribution in [0.15, 0.2) is 11.3 Å². The van der Waals surface area contributed by atoms with E-state index in [0.717, 1.165) is 17.5 Å². The highest BCUT2D eigenvalue weighted by Crippen LogP contribution is 2.19. The van der Waals surface area contributed by atoms with Gasteiger partial charge in [0, 0.05) is 6.92 Å². The minimum Gasteiger partial charge on any atom is -0.274 e. The number of amides is 1. The molecule has 1 aromatic heterocycles. The maximum atomic E-state index is 10.4. The molecule has 7 nitrogen and oxygen atoms in total. The van der Waals surface area contributed by atoms with E-state index < -0.39 is 4.92 Å². The number of carbonyl (C=O) groups is 1. The van der Waals surface area contributed by atoms with Crippen molar-refractivity contribution in [2.75, 3.05) is 0 Å². The van der Waals surface area contributed by atoms with Crippen LogP contribution in [-0.4, -0.2) is 22.0 Å². The molecule has 1 heterocycles. The lowest BCUT2D eigenvalue weighted by Gasteiger charge is -1.87. The largest absolute Gasteiger partial charge is 0.344 e. The third-order valence-corrected chi connectivity index (χ3v) is 1.97. The van der Waals surface area contributed by atoms with Crippen molar-refractivity contribution in [3.05, 3.63) is 21.3 Å². The Kier molecular flexibility index (Phi) is 3.24. The van der Waals surface area contributed by atoms with Crippen molar-refractivity contribution in [2.24, 2.45) is 5.10 Å². The third-order valence-electron chi connectivity index (χ3n) is 1.09. The van der Waals surface area contributed by atoms with E-state index >= 15 is 0 Å². The molecule has 1 rings (SSSR count). The monoisotopic (exact) mass is 214 g/mol. The van der Waals surface area contributed by atoms with Crippen LogP contribution in [0.4, 0.5) is 5.00 Å². The van der Waals surface area contributed by atoms with Gasteiger partial charge in [0.1, 0.15) is 11.2 Å². The summed E-state index contributed by atoms with van der Waals surface area (Å²) in [4.78, 5) is 23.8. The number of hydrogen-bond acceptors (Lipinski definition) is 6. The lowest BCUT2D eigenvalue weighted by Crippen LogP contribution is -2.12. The molecule has 0 atom stereocenters. The van der Waals surface area contributed by atoms with Crippen molar-refractivity contribution in [3.63, 3.8) is 0 Å². The fourth-order valence-electron chi connectivity index (χ4n) is 0.601. The van der Waals surface area contributed by atoms with Gasteiger partial charge in [-0.1, -0.05) is 0 Å². The molecule has 0 bridgehead atoms. The molecule has 0 aromatic carbocycles. The zero-order valence-electron chi connectivity index (χ0n) is 7.13. The SMILES string of the molecule is CC(=O)N/N=C/c1ncc([N+](=O)[O-])s1. The number of hydrazone groups is 1. The van der Waals surface area contributed by atoms with Crippen LogP contribution < -0.4 is 5.43 Å². The van der Waals surface area contributed by atoms with Gasteiger partial charge in [0.15, 0.2) is 0 Å². The molecule has 1 N–H and O–H groups in total. The van der Waals surface area contributed by atoms with E-state index in [1.54, 1.807) is 0 Å². The first-order valence-corrected chi connectivity index (χ1v) is 4.31. The van der Waals surface area contributed by atoms with Crippen LogP contribution in [0.5, 0.6) is 0 Å². The van der Waals surface area contributed by atoms with Gasteiger partial charge in [0.05, 0.1) is 11.1 Å². The number of nitro groups is 1. The molecular formula is C6H6N4O3S. The second kappa shape index (κ2) is 4.42. The first-order valence-electron chi connectivity index (χ1n) is 3.49. The van der Waals surface area contributed by atoms with Crippen molar-refractivity contribution < 1.29 is 9.72 Å². The normalized spacial score (nSPS) is 10.4. The molecule has 0 spiro atoms. The zero-order valence-corrected chi connectivity index (χ0v) is 7.95. The Morgan fingerprint density at radius 1 is 1.86 bits per heavy atom. The molecule has 0 aliphatic carbocycles. The average molecular weight is 214 g/mol. The van der Waals surface area contributed by atoms with Crippen molar-refractivity contribution in [1.29, 1.82) is 0 Å². The van der Waals surface area contributed by atoms with Crippen LogP contribution in [0, 0.1) is 10.1 Å². The van der Waals surface area contributed by atoms with E-state index in [1.807, 2.05) is 0 Å². The Labute approximate surface area is 82.6 Å². The Bertz CT molecular complexity index is 386. The van der Waals surface area contributed by atoms with Gasteiger partial charge in [0.2, 0.25) is 5.91 Å². The highest BCUT2D eigenvalue weighted by Gasteiger charge is 2.09. The molecule has 74 valence electrons. The first kappa shape index (κ1) is 10.3. The molecule has 0 radical (unpaired) electrons. The number of thiazole rings is 1. The van der Waals surface area contributed by atoms with Crippen molar-refractivity contribution in [3.8, 4) is 0 Å². The molecule has 1 aromatic rings. The first-order chi connectivity index (χ1) is 6.59. The maximum absolute atomic E-state index is 10.4. The van der Waals surface area contributed by atoms with Gasteiger partial charge in [-0.2, -0.15) is 5.10 Å². The predicted molar refractivity (Wildman–Crippen MR) is 50.2 cm³/mol. The van der Waals surface area contributed by atoms with Gasteiger partial charge < -0.3 is 0 Å². The van der Waals surface area contributed by atoms with E-state index in [2.05, 4.69) is 15.5 Å². The highest BCUT2D eigenvalue weighted by molar-refractivity contribution is 7.16. The molecule has 0 aliphatic rings. The fraction of sp³-hybridized carbons (Fsp3) is 0.167. The summed E-state index contributed by atoms with van der Waals surface area (Å²) in [7, 11) is 0. The molecule has 1 amide bonds. The summed E-state index contributed by atoms with van der Waals surface area (Å²) >= 11 is 0.882. The number of nitrogens with one attached hydrogen (secondary N) is 1. The van der Waals surface area contributed by atoms with Crippen LogP contribution in [0.3, 0.4) is 0 Å². The lowest BCUT2D eigenvalue weighted by molar-refractivity contribution is -0.380. The Morgan fingerprint density at radius 2 is 2.57 bits per heavy atom. The summed E-state index contributed by atoms with van der Waals surface area (Å²) in [6.45, 7) is 1.31. The van der Waals surface area contributed by atoms with Gasteiger partial charge >= 0.3 is 5.00 Å². The summed E-state index contributed by atoms with van der Waals surface area (Å²) in [5.41, 5.74) is 2.16. The number of carbonyl (C=O) groups excluding carboxylic acids is 1. The Morgan fingerprint density at radius 3 is 3.07 bits per heavy atom. The van der Waals surface area contributed by atoms with Crippen LogP contribution in [0.2, 0.25) is 0 Å². The average Bonchev–Trinajstić information content (AvgIpc) is 2.52. The van der Waals surface area contributed by atoms with Crippen LogP contribution in [-0.2, 0) is 4.79 Å². The van der Waals surface area contributed by atoms with Gasteiger partial charge in [-0.3, -0.25) is 14.9 Å². The van der Waals surface area contributed by atoms with E-state index in [4.69, 9.17) is 0 Å². The Balaban J connectivity index is 2.64. The van der Waals surface area contributed by atoms with Gasteiger partial charge in [-0.05, 0) is 11.3 Å². The second-order valence-electron chi connectivity index (χ2n) is 2.22. The summed E-state index contributed by atoms with van der Waals surface area (Å²) in [6.07, 6.45) is 2.39. The van der Waals surface area contributed by atoms with E-state index in [-0.39, 0.29) is 10.9 Å². The smallest absolute Gasteiger partial charge is 0.274 e. The maximum Gasteiger partial charge on any atom is 0.344 e. The Hall–Kier alpha value is -1.83. The second-order valence-corrected chi connectivity index (χ2v) is 3.26. The van der Waals surface area contributed by atoms with Gasteiger partial charge in [0.25, 0.3) is 0 Å². The molecular weight excluding hydrogens is 208 g/mol. The van der Waals surface area contributed by atoms with Crippen LogP contribution >= 0.6 is 11.3 Å². The molecule has 0 saturated heterocycles. The van der Waals surface area contributed by atoms with Crippen molar-refractivity contribution in [1.82, 2.24) is 10.4 Å². The molecule has 14 heavy (non-hydrogen) atoms. The number of hydrogen-bond donors (Lipinski definition) is 1. The summed E-state index contributed by atoms with van der Waals surface area (Å²) < 4.78 is 0. The zero-order chi connectivity index (χ0) is 10.6. The number of nitrogens with zero attached hydrogens (tertiary/aromatic N) is 3. The highest BCUT2D eigenvalue weighted by atomic mass is 32.1. The van der Waals surface area contributed by atoms with E-state index in [1.165, 1.54) is 13.1 Å². The van der Waals surface area contributed by atoms with Gasteiger partial charge in [-0.15, -0.1) is 0 Å². The topological polar surface area (TPSA) is 97.5 Å².